The second kappa shape index (κ2) is 6.57. The summed E-state index contributed by atoms with van der Waals surface area (Å²) in [4.78, 5) is 2.70. The van der Waals surface area contributed by atoms with Gasteiger partial charge in [-0.15, -0.1) is 0 Å². The van der Waals surface area contributed by atoms with Gasteiger partial charge in [-0.2, -0.15) is 0 Å². The van der Waals surface area contributed by atoms with Crippen LogP contribution in [-0.2, 0) is 10.2 Å². The van der Waals surface area contributed by atoms with Gasteiger partial charge in [0, 0.05) is 19.1 Å². The highest BCUT2D eigenvalue weighted by atomic mass is 16.5. The molecule has 1 saturated heterocycles. The highest BCUT2D eigenvalue weighted by Crippen LogP contribution is 2.39. The van der Waals surface area contributed by atoms with E-state index in [1.165, 1.54) is 30.4 Å². The zero-order valence-corrected chi connectivity index (χ0v) is 15.5. The van der Waals surface area contributed by atoms with Crippen molar-refractivity contribution in [3.63, 3.8) is 0 Å². The van der Waals surface area contributed by atoms with Crippen molar-refractivity contribution in [3.05, 3.63) is 35.4 Å². The fraction of sp³-hybridized carbons (Fsp3) is 0.714. The van der Waals surface area contributed by atoms with Gasteiger partial charge in [0.25, 0.3) is 0 Å². The van der Waals surface area contributed by atoms with E-state index >= 15 is 0 Å². The topological polar surface area (TPSA) is 12.5 Å². The Morgan fingerprint density at radius 2 is 1.57 bits per heavy atom. The van der Waals surface area contributed by atoms with Gasteiger partial charge in [0.15, 0.2) is 0 Å². The van der Waals surface area contributed by atoms with E-state index in [1.807, 2.05) is 0 Å². The first-order valence-electron chi connectivity index (χ1n) is 9.34. The largest absolute Gasteiger partial charge is 0.373 e. The van der Waals surface area contributed by atoms with E-state index in [2.05, 4.69) is 63.8 Å². The average Bonchev–Trinajstić information content (AvgIpc) is 2.95. The lowest BCUT2D eigenvalue weighted by Gasteiger charge is -2.41. The Kier molecular flexibility index (Phi) is 4.85. The van der Waals surface area contributed by atoms with Crippen LogP contribution in [-0.4, -0.2) is 36.2 Å². The van der Waals surface area contributed by atoms with Crippen LogP contribution in [0.5, 0.6) is 0 Å². The van der Waals surface area contributed by atoms with Gasteiger partial charge in [0.1, 0.15) is 0 Å². The first kappa shape index (κ1) is 17.0. The van der Waals surface area contributed by atoms with Crippen molar-refractivity contribution in [2.24, 2.45) is 0 Å². The maximum Gasteiger partial charge on any atom is 0.0678 e. The molecular weight excluding hydrogens is 282 g/mol. The monoisotopic (exact) mass is 315 g/mol. The summed E-state index contributed by atoms with van der Waals surface area (Å²) in [6.45, 7) is 13.5. The zero-order chi connectivity index (χ0) is 16.6. The molecule has 1 aromatic carbocycles. The summed E-state index contributed by atoms with van der Waals surface area (Å²) in [6.07, 6.45) is 4.76. The molecule has 2 unspecified atom stereocenters. The quantitative estimate of drug-likeness (QED) is 0.782. The summed E-state index contributed by atoms with van der Waals surface area (Å²) in [5.74, 6) is 0.696. The van der Waals surface area contributed by atoms with Gasteiger partial charge in [-0.05, 0) is 49.1 Å². The van der Waals surface area contributed by atoms with Gasteiger partial charge in [-0.3, -0.25) is 4.90 Å². The first-order chi connectivity index (χ1) is 10.8. The van der Waals surface area contributed by atoms with Gasteiger partial charge >= 0.3 is 0 Å². The maximum absolute atomic E-state index is 5.93. The highest BCUT2D eigenvalue weighted by Gasteiger charge is 2.36. The minimum absolute atomic E-state index is 0.239. The average molecular weight is 316 g/mol. The predicted octanol–water partition coefficient (Wildman–Crippen LogP) is 4.73. The van der Waals surface area contributed by atoms with Crippen LogP contribution in [0.2, 0.25) is 0 Å². The SMILES string of the molecule is C[C@@H]1CN(C2CCCC2c2ccc(C(C)(C)C)cc2)C[C@H](C)O1. The van der Waals surface area contributed by atoms with E-state index in [-0.39, 0.29) is 5.41 Å². The number of hydrogen-bond acceptors (Lipinski definition) is 2. The van der Waals surface area contributed by atoms with Crippen LogP contribution < -0.4 is 0 Å². The molecule has 0 radical (unpaired) electrons. The highest BCUT2D eigenvalue weighted by molar-refractivity contribution is 5.31. The van der Waals surface area contributed by atoms with Crippen molar-refractivity contribution >= 4 is 0 Å². The summed E-state index contributed by atoms with van der Waals surface area (Å²) in [5.41, 5.74) is 3.21. The third-order valence-corrected chi connectivity index (χ3v) is 5.60. The van der Waals surface area contributed by atoms with Crippen molar-refractivity contribution in [1.29, 1.82) is 0 Å². The number of nitrogens with zero attached hydrogens (tertiary/aromatic N) is 1. The second-order valence-electron chi connectivity index (χ2n) is 8.69. The van der Waals surface area contributed by atoms with Gasteiger partial charge < -0.3 is 4.74 Å². The van der Waals surface area contributed by atoms with Crippen LogP contribution >= 0.6 is 0 Å². The first-order valence-corrected chi connectivity index (χ1v) is 9.34. The summed E-state index contributed by atoms with van der Waals surface area (Å²) in [6, 6.07) is 10.2. The molecule has 2 fully saturated rings. The van der Waals surface area contributed by atoms with Crippen molar-refractivity contribution in [2.45, 2.75) is 83.5 Å². The van der Waals surface area contributed by atoms with E-state index < -0.39 is 0 Å². The molecule has 128 valence electrons. The molecule has 0 bridgehead atoms. The van der Waals surface area contributed by atoms with Crippen LogP contribution in [0.1, 0.15) is 70.9 Å². The molecule has 23 heavy (non-hydrogen) atoms. The molecule has 1 aliphatic carbocycles. The lowest BCUT2D eigenvalue weighted by molar-refractivity contribution is -0.0813. The minimum Gasteiger partial charge on any atom is -0.373 e. The molecule has 0 spiro atoms. The molecule has 2 heteroatoms. The number of morpholine rings is 1. The fourth-order valence-corrected chi connectivity index (χ4v) is 4.49. The molecule has 0 amide bonds. The van der Waals surface area contributed by atoms with E-state index in [4.69, 9.17) is 4.74 Å². The molecule has 1 aliphatic heterocycles. The third-order valence-electron chi connectivity index (χ3n) is 5.60. The second-order valence-corrected chi connectivity index (χ2v) is 8.69. The Morgan fingerprint density at radius 3 is 2.13 bits per heavy atom. The van der Waals surface area contributed by atoms with Gasteiger partial charge in [-0.25, -0.2) is 0 Å². The molecule has 0 aromatic heterocycles. The summed E-state index contributed by atoms with van der Waals surface area (Å²) in [7, 11) is 0. The molecule has 3 rings (SSSR count). The normalized spacial score (nSPS) is 33.1. The Morgan fingerprint density at radius 1 is 0.957 bits per heavy atom. The van der Waals surface area contributed by atoms with E-state index in [0.717, 1.165) is 13.1 Å². The number of ether oxygens (including phenoxy) is 1. The molecule has 1 saturated carbocycles. The number of hydrogen-bond donors (Lipinski definition) is 0. The van der Waals surface area contributed by atoms with Crippen molar-refractivity contribution in [1.82, 2.24) is 4.90 Å². The van der Waals surface area contributed by atoms with Crippen molar-refractivity contribution < 1.29 is 4.74 Å². The summed E-state index contributed by atoms with van der Waals surface area (Å²) in [5, 5.41) is 0. The Balaban J connectivity index is 1.76. The standard InChI is InChI=1S/C21H33NO/c1-15-13-22(14-16(2)23-15)20-8-6-7-19(20)17-9-11-18(12-10-17)21(3,4)5/h9-12,15-16,19-20H,6-8,13-14H2,1-5H3/t15-,16+,19?,20?. The predicted molar refractivity (Wildman–Crippen MR) is 97.1 cm³/mol. The van der Waals surface area contributed by atoms with Gasteiger partial charge in [0.2, 0.25) is 0 Å². The summed E-state index contributed by atoms with van der Waals surface area (Å²) < 4.78 is 5.93. The van der Waals surface area contributed by atoms with Crippen LogP contribution in [0.4, 0.5) is 0 Å². The number of rotatable bonds is 2. The molecule has 2 aliphatic rings. The molecule has 1 heterocycles. The Labute approximate surface area is 142 Å². The Bertz CT molecular complexity index is 506. The van der Waals surface area contributed by atoms with Crippen molar-refractivity contribution in [3.8, 4) is 0 Å². The minimum atomic E-state index is 0.239. The van der Waals surface area contributed by atoms with Crippen LogP contribution in [0, 0.1) is 0 Å². The lowest BCUT2D eigenvalue weighted by atomic mass is 9.84. The molecular formula is C21H33NO. The van der Waals surface area contributed by atoms with E-state index in [0.29, 0.717) is 24.2 Å². The van der Waals surface area contributed by atoms with E-state index in [1.54, 1.807) is 0 Å². The van der Waals surface area contributed by atoms with Crippen LogP contribution in [0.25, 0.3) is 0 Å². The van der Waals surface area contributed by atoms with Crippen LogP contribution in [0.15, 0.2) is 24.3 Å². The molecule has 0 N–H and O–H groups in total. The number of benzene rings is 1. The fourth-order valence-electron chi connectivity index (χ4n) is 4.49. The summed E-state index contributed by atoms with van der Waals surface area (Å²) >= 11 is 0. The van der Waals surface area contributed by atoms with E-state index in [9.17, 15) is 0 Å². The van der Waals surface area contributed by atoms with Gasteiger partial charge in [-0.1, -0.05) is 51.5 Å². The zero-order valence-electron chi connectivity index (χ0n) is 15.5. The molecule has 4 atom stereocenters. The lowest BCUT2D eigenvalue weighted by Crippen LogP contribution is -2.50. The maximum atomic E-state index is 5.93. The third kappa shape index (κ3) is 3.80. The molecule has 2 nitrogen and oxygen atoms in total. The Hall–Kier alpha value is -0.860. The van der Waals surface area contributed by atoms with Crippen molar-refractivity contribution in [2.75, 3.05) is 13.1 Å². The smallest absolute Gasteiger partial charge is 0.0678 e. The van der Waals surface area contributed by atoms with Gasteiger partial charge in [0.05, 0.1) is 12.2 Å². The molecule has 1 aromatic rings. The van der Waals surface area contributed by atoms with Crippen LogP contribution in [0.3, 0.4) is 0 Å².